The predicted molar refractivity (Wildman–Crippen MR) is 76.1 cm³/mol. The van der Waals surface area contributed by atoms with Gasteiger partial charge in [0.1, 0.15) is 0 Å². The molecule has 0 spiro atoms. The standard InChI is InChI=1S/C14H18OS2/c1(5-13-7-3-11-16-13)9-15-10-2-6-14-8-4-12-17-14/h3-4,7-8,11-12H,1-2,5-6,9-10H2. The van der Waals surface area contributed by atoms with Crippen LogP contribution in [0.3, 0.4) is 0 Å². The Morgan fingerprint density at radius 2 is 1.35 bits per heavy atom. The molecule has 0 fully saturated rings. The van der Waals surface area contributed by atoms with Gasteiger partial charge in [-0.2, -0.15) is 0 Å². The highest BCUT2D eigenvalue weighted by atomic mass is 32.1. The summed E-state index contributed by atoms with van der Waals surface area (Å²) in [5.74, 6) is 0. The van der Waals surface area contributed by atoms with Crippen molar-refractivity contribution in [2.24, 2.45) is 0 Å². The SMILES string of the molecule is c1csc(CCCOCCCc2cccs2)c1. The van der Waals surface area contributed by atoms with E-state index in [9.17, 15) is 0 Å². The second-order valence-electron chi connectivity index (χ2n) is 3.98. The van der Waals surface area contributed by atoms with E-state index < -0.39 is 0 Å². The first-order valence-corrected chi connectivity index (χ1v) is 7.83. The molecule has 0 bridgehead atoms. The van der Waals surface area contributed by atoms with Gasteiger partial charge in [0.05, 0.1) is 0 Å². The molecule has 92 valence electrons. The predicted octanol–water partition coefficient (Wildman–Crippen LogP) is 4.39. The van der Waals surface area contributed by atoms with Gasteiger partial charge in [0.25, 0.3) is 0 Å². The third-order valence-corrected chi connectivity index (χ3v) is 4.46. The van der Waals surface area contributed by atoms with E-state index in [1.54, 1.807) is 0 Å². The van der Waals surface area contributed by atoms with Crippen LogP contribution in [0.2, 0.25) is 0 Å². The van der Waals surface area contributed by atoms with Crippen LogP contribution in [0, 0.1) is 0 Å². The van der Waals surface area contributed by atoms with Crippen LogP contribution in [0.15, 0.2) is 35.0 Å². The second-order valence-corrected chi connectivity index (χ2v) is 6.04. The van der Waals surface area contributed by atoms with Crippen LogP contribution in [0.5, 0.6) is 0 Å². The summed E-state index contributed by atoms with van der Waals surface area (Å²) < 4.78 is 5.64. The van der Waals surface area contributed by atoms with Crippen LogP contribution in [0.25, 0.3) is 0 Å². The van der Waals surface area contributed by atoms with Crippen molar-refractivity contribution < 1.29 is 4.74 Å². The van der Waals surface area contributed by atoms with Crippen LogP contribution < -0.4 is 0 Å². The van der Waals surface area contributed by atoms with Crippen molar-refractivity contribution >= 4 is 22.7 Å². The summed E-state index contributed by atoms with van der Waals surface area (Å²) >= 11 is 3.67. The first-order chi connectivity index (χ1) is 8.45. The van der Waals surface area contributed by atoms with Crippen molar-refractivity contribution in [1.82, 2.24) is 0 Å². The molecule has 17 heavy (non-hydrogen) atoms. The van der Waals surface area contributed by atoms with Gasteiger partial charge in [0, 0.05) is 23.0 Å². The maximum atomic E-state index is 5.64. The molecule has 0 atom stereocenters. The molecule has 0 amide bonds. The van der Waals surface area contributed by atoms with Crippen molar-refractivity contribution in [1.29, 1.82) is 0 Å². The Kier molecular flexibility index (Phi) is 5.76. The Bertz CT molecular complexity index is 340. The molecular formula is C14H18OS2. The molecule has 0 N–H and O–H groups in total. The van der Waals surface area contributed by atoms with Crippen LogP contribution in [0.4, 0.5) is 0 Å². The lowest BCUT2D eigenvalue weighted by Gasteiger charge is -2.02. The molecule has 0 saturated heterocycles. The average molecular weight is 266 g/mol. The molecule has 2 aromatic rings. The van der Waals surface area contributed by atoms with E-state index in [2.05, 4.69) is 35.0 Å². The van der Waals surface area contributed by atoms with Gasteiger partial charge in [0.15, 0.2) is 0 Å². The van der Waals surface area contributed by atoms with E-state index in [1.165, 1.54) is 9.75 Å². The lowest BCUT2D eigenvalue weighted by molar-refractivity contribution is 0.130. The third kappa shape index (κ3) is 5.02. The minimum absolute atomic E-state index is 0.891. The van der Waals surface area contributed by atoms with E-state index in [0.717, 1.165) is 38.9 Å². The fourth-order valence-corrected chi connectivity index (χ4v) is 3.21. The Morgan fingerprint density at radius 3 is 1.76 bits per heavy atom. The Morgan fingerprint density at radius 1 is 0.824 bits per heavy atom. The molecule has 2 heterocycles. The lowest BCUT2D eigenvalue weighted by atomic mass is 10.2. The van der Waals surface area contributed by atoms with E-state index in [4.69, 9.17) is 4.74 Å². The summed E-state index contributed by atoms with van der Waals surface area (Å²) in [6.45, 7) is 1.78. The van der Waals surface area contributed by atoms with Gasteiger partial charge in [-0.15, -0.1) is 22.7 Å². The molecule has 2 rings (SSSR count). The number of thiophene rings is 2. The summed E-state index contributed by atoms with van der Waals surface area (Å²) in [6, 6.07) is 8.62. The van der Waals surface area contributed by atoms with E-state index in [0.29, 0.717) is 0 Å². The first-order valence-electron chi connectivity index (χ1n) is 6.07. The fraction of sp³-hybridized carbons (Fsp3) is 0.429. The molecule has 0 radical (unpaired) electrons. The zero-order valence-electron chi connectivity index (χ0n) is 9.93. The number of hydrogen-bond donors (Lipinski definition) is 0. The fourth-order valence-electron chi connectivity index (χ4n) is 1.71. The van der Waals surface area contributed by atoms with Gasteiger partial charge in [-0.05, 0) is 48.6 Å². The minimum Gasteiger partial charge on any atom is -0.381 e. The van der Waals surface area contributed by atoms with Crippen molar-refractivity contribution in [2.45, 2.75) is 25.7 Å². The molecular weight excluding hydrogens is 248 g/mol. The van der Waals surface area contributed by atoms with E-state index >= 15 is 0 Å². The third-order valence-electron chi connectivity index (χ3n) is 2.58. The van der Waals surface area contributed by atoms with Gasteiger partial charge in [-0.25, -0.2) is 0 Å². The molecule has 0 aliphatic heterocycles. The van der Waals surface area contributed by atoms with Crippen LogP contribution in [0.1, 0.15) is 22.6 Å². The molecule has 2 aromatic heterocycles. The molecule has 0 aliphatic rings. The highest BCUT2D eigenvalue weighted by Gasteiger charge is 1.96. The highest BCUT2D eigenvalue weighted by molar-refractivity contribution is 7.10. The summed E-state index contributed by atoms with van der Waals surface area (Å²) in [5.41, 5.74) is 0. The highest BCUT2D eigenvalue weighted by Crippen LogP contribution is 2.12. The van der Waals surface area contributed by atoms with Crippen LogP contribution >= 0.6 is 22.7 Å². The quantitative estimate of drug-likeness (QED) is 0.644. The smallest absolute Gasteiger partial charge is 0.0469 e. The van der Waals surface area contributed by atoms with Gasteiger partial charge in [0.2, 0.25) is 0 Å². The van der Waals surface area contributed by atoms with Gasteiger partial charge < -0.3 is 4.74 Å². The van der Waals surface area contributed by atoms with Gasteiger partial charge in [-0.3, -0.25) is 0 Å². The summed E-state index contributed by atoms with van der Waals surface area (Å²) in [5, 5.41) is 4.27. The first kappa shape index (κ1) is 12.8. The largest absolute Gasteiger partial charge is 0.381 e. The molecule has 3 heteroatoms. The maximum Gasteiger partial charge on any atom is 0.0469 e. The molecule has 0 aromatic carbocycles. The van der Waals surface area contributed by atoms with E-state index in [-0.39, 0.29) is 0 Å². The van der Waals surface area contributed by atoms with Crippen molar-refractivity contribution in [2.75, 3.05) is 13.2 Å². The monoisotopic (exact) mass is 266 g/mol. The molecule has 1 nitrogen and oxygen atoms in total. The number of rotatable bonds is 8. The number of hydrogen-bond acceptors (Lipinski definition) is 3. The Labute approximate surface area is 111 Å². The zero-order valence-corrected chi connectivity index (χ0v) is 11.6. The van der Waals surface area contributed by atoms with Gasteiger partial charge >= 0.3 is 0 Å². The Hall–Kier alpha value is -0.640. The van der Waals surface area contributed by atoms with Crippen molar-refractivity contribution in [3.05, 3.63) is 44.8 Å². The Balaban J connectivity index is 1.44. The summed E-state index contributed by atoms with van der Waals surface area (Å²) in [4.78, 5) is 2.93. The zero-order chi connectivity index (χ0) is 11.8. The van der Waals surface area contributed by atoms with Crippen LogP contribution in [-0.2, 0) is 17.6 Å². The molecule has 0 unspecified atom stereocenters. The summed E-state index contributed by atoms with van der Waals surface area (Å²) in [7, 11) is 0. The molecule has 0 aliphatic carbocycles. The normalized spacial score (nSPS) is 10.8. The van der Waals surface area contributed by atoms with Crippen LogP contribution in [-0.4, -0.2) is 13.2 Å². The van der Waals surface area contributed by atoms with Gasteiger partial charge in [-0.1, -0.05) is 12.1 Å². The maximum absolute atomic E-state index is 5.64. The minimum atomic E-state index is 0.891. The number of ether oxygens (including phenoxy) is 1. The molecule has 0 saturated carbocycles. The lowest BCUT2D eigenvalue weighted by Crippen LogP contribution is -1.99. The number of aryl methyl sites for hydroxylation is 2. The second kappa shape index (κ2) is 7.64. The van der Waals surface area contributed by atoms with E-state index in [1.807, 2.05) is 22.7 Å². The average Bonchev–Trinajstić information content (AvgIpc) is 3.00. The van der Waals surface area contributed by atoms with Crippen molar-refractivity contribution in [3.8, 4) is 0 Å². The van der Waals surface area contributed by atoms with Crippen molar-refractivity contribution in [3.63, 3.8) is 0 Å². The summed E-state index contributed by atoms with van der Waals surface area (Å²) in [6.07, 6.45) is 4.59. The topological polar surface area (TPSA) is 9.23 Å².